The second-order valence-corrected chi connectivity index (χ2v) is 3.99. The van der Waals surface area contributed by atoms with Gasteiger partial charge in [0, 0.05) is 19.3 Å². The molecular formula is C13H18N2O3. The Hall–Kier alpha value is -2.04. The van der Waals surface area contributed by atoms with Crippen LogP contribution in [-0.4, -0.2) is 37.1 Å². The molecule has 0 spiro atoms. The van der Waals surface area contributed by atoms with E-state index in [1.165, 1.54) is 0 Å². The number of amides is 1. The van der Waals surface area contributed by atoms with Gasteiger partial charge in [-0.3, -0.25) is 4.79 Å². The molecule has 0 unspecified atom stereocenters. The summed E-state index contributed by atoms with van der Waals surface area (Å²) in [4.78, 5) is 24.2. The van der Waals surface area contributed by atoms with Gasteiger partial charge in [0.05, 0.1) is 12.1 Å². The van der Waals surface area contributed by atoms with E-state index >= 15 is 0 Å². The number of aromatic carboxylic acids is 1. The molecule has 0 aliphatic carbocycles. The Morgan fingerprint density at radius 3 is 2.50 bits per heavy atom. The number of benzene rings is 1. The Morgan fingerprint density at radius 2 is 2.06 bits per heavy atom. The minimum atomic E-state index is -0.937. The molecule has 1 amide bonds. The van der Waals surface area contributed by atoms with E-state index in [1.807, 2.05) is 11.8 Å². The Balaban J connectivity index is 2.97. The lowest BCUT2D eigenvalue weighted by Crippen LogP contribution is -2.35. The average Bonchev–Trinajstić information content (AvgIpc) is 2.34. The lowest BCUT2D eigenvalue weighted by atomic mass is 10.1. The van der Waals surface area contributed by atoms with Gasteiger partial charge in [-0.05, 0) is 37.6 Å². The molecule has 0 saturated carbocycles. The highest BCUT2D eigenvalue weighted by atomic mass is 16.4. The number of nitrogens with one attached hydrogen (secondary N) is 1. The average molecular weight is 250 g/mol. The summed E-state index contributed by atoms with van der Waals surface area (Å²) >= 11 is 0. The normalized spacial score (nSPS) is 9.94. The number of nitrogens with zero attached hydrogens (tertiary/aromatic N) is 1. The second kappa shape index (κ2) is 6.05. The molecule has 1 rings (SSSR count). The number of anilines is 1. The molecule has 1 aromatic rings. The van der Waals surface area contributed by atoms with E-state index in [-0.39, 0.29) is 18.0 Å². The Bertz CT molecular complexity index is 458. The summed E-state index contributed by atoms with van der Waals surface area (Å²) in [6.45, 7) is 4.64. The van der Waals surface area contributed by atoms with Crippen LogP contribution in [-0.2, 0) is 4.79 Å². The first-order valence-corrected chi connectivity index (χ1v) is 5.79. The molecule has 5 heteroatoms. The molecule has 0 bridgehead atoms. The largest absolute Gasteiger partial charge is 0.478 e. The Morgan fingerprint density at radius 1 is 1.39 bits per heavy atom. The van der Waals surface area contributed by atoms with Gasteiger partial charge in [-0.1, -0.05) is 0 Å². The van der Waals surface area contributed by atoms with Crippen LogP contribution in [0.3, 0.4) is 0 Å². The molecule has 18 heavy (non-hydrogen) atoms. The van der Waals surface area contributed by atoms with Crippen LogP contribution in [0.4, 0.5) is 5.69 Å². The molecule has 2 N–H and O–H groups in total. The van der Waals surface area contributed by atoms with Crippen LogP contribution in [0.5, 0.6) is 0 Å². The molecule has 98 valence electrons. The van der Waals surface area contributed by atoms with Crippen molar-refractivity contribution >= 4 is 17.6 Å². The van der Waals surface area contributed by atoms with Gasteiger partial charge in [0.2, 0.25) is 5.91 Å². The van der Waals surface area contributed by atoms with E-state index < -0.39 is 5.97 Å². The van der Waals surface area contributed by atoms with Gasteiger partial charge in [-0.25, -0.2) is 4.79 Å². The van der Waals surface area contributed by atoms with E-state index in [9.17, 15) is 9.59 Å². The lowest BCUT2D eigenvalue weighted by Gasteiger charge is -2.22. The zero-order valence-electron chi connectivity index (χ0n) is 10.9. The molecule has 1 aromatic carbocycles. The molecular weight excluding hydrogens is 232 g/mol. The number of carbonyl (C=O) groups is 2. The highest BCUT2D eigenvalue weighted by Crippen LogP contribution is 2.19. The summed E-state index contributed by atoms with van der Waals surface area (Å²) in [5.41, 5.74) is 1.83. The number of aryl methyl sites for hydroxylation is 1. The molecule has 0 atom stereocenters. The summed E-state index contributed by atoms with van der Waals surface area (Å²) in [6.07, 6.45) is 0. The van der Waals surface area contributed by atoms with Gasteiger partial charge >= 0.3 is 5.97 Å². The molecule has 0 aliphatic rings. The quantitative estimate of drug-likeness (QED) is 0.825. The van der Waals surface area contributed by atoms with Crippen LogP contribution in [0, 0.1) is 6.92 Å². The third kappa shape index (κ3) is 3.23. The van der Waals surface area contributed by atoms with E-state index in [1.54, 1.807) is 32.2 Å². The topological polar surface area (TPSA) is 69.6 Å². The van der Waals surface area contributed by atoms with Crippen LogP contribution in [0.1, 0.15) is 22.8 Å². The van der Waals surface area contributed by atoms with Gasteiger partial charge < -0.3 is 15.3 Å². The van der Waals surface area contributed by atoms with Gasteiger partial charge in [0.15, 0.2) is 0 Å². The van der Waals surface area contributed by atoms with E-state index in [0.29, 0.717) is 12.1 Å². The number of carboxylic acid groups (broad SMARTS) is 1. The fraction of sp³-hybridized carbons (Fsp3) is 0.385. The monoisotopic (exact) mass is 250 g/mol. The van der Waals surface area contributed by atoms with Crippen molar-refractivity contribution in [3.63, 3.8) is 0 Å². The predicted molar refractivity (Wildman–Crippen MR) is 70.1 cm³/mol. The molecule has 0 aliphatic heterocycles. The van der Waals surface area contributed by atoms with Crippen LogP contribution >= 0.6 is 0 Å². The Kier molecular flexibility index (Phi) is 4.71. The van der Waals surface area contributed by atoms with Crippen LogP contribution < -0.4 is 10.2 Å². The summed E-state index contributed by atoms with van der Waals surface area (Å²) in [5.74, 6) is -1.01. The summed E-state index contributed by atoms with van der Waals surface area (Å²) in [6, 6.07) is 5.08. The lowest BCUT2D eigenvalue weighted by molar-refractivity contribution is -0.119. The molecule has 0 radical (unpaired) electrons. The fourth-order valence-corrected chi connectivity index (χ4v) is 1.72. The zero-order chi connectivity index (χ0) is 13.7. The maximum Gasteiger partial charge on any atom is 0.335 e. The molecule has 0 heterocycles. The minimum absolute atomic E-state index is 0.0724. The third-order valence-corrected chi connectivity index (χ3v) is 2.80. The van der Waals surface area contributed by atoms with Crippen molar-refractivity contribution in [1.29, 1.82) is 0 Å². The molecule has 0 aromatic heterocycles. The Labute approximate surface area is 106 Å². The number of rotatable bonds is 5. The van der Waals surface area contributed by atoms with Gasteiger partial charge in [0.25, 0.3) is 0 Å². The summed E-state index contributed by atoms with van der Waals surface area (Å²) in [7, 11) is 1.59. The second-order valence-electron chi connectivity index (χ2n) is 3.99. The first kappa shape index (κ1) is 14.0. The number of hydrogen-bond acceptors (Lipinski definition) is 3. The first-order chi connectivity index (χ1) is 8.49. The maximum absolute atomic E-state index is 11.4. The molecule has 0 saturated heterocycles. The van der Waals surface area contributed by atoms with Crippen molar-refractivity contribution in [3.8, 4) is 0 Å². The first-order valence-electron chi connectivity index (χ1n) is 5.79. The highest BCUT2D eigenvalue weighted by Gasteiger charge is 2.12. The van der Waals surface area contributed by atoms with Crippen molar-refractivity contribution in [2.24, 2.45) is 0 Å². The maximum atomic E-state index is 11.4. The van der Waals surface area contributed by atoms with Gasteiger partial charge in [-0.2, -0.15) is 0 Å². The third-order valence-electron chi connectivity index (χ3n) is 2.80. The van der Waals surface area contributed by atoms with Crippen LogP contribution in [0.25, 0.3) is 0 Å². The molecule has 0 fully saturated rings. The predicted octanol–water partition coefficient (Wildman–Crippen LogP) is 1.27. The van der Waals surface area contributed by atoms with Crippen molar-refractivity contribution < 1.29 is 14.7 Å². The number of carboxylic acids is 1. The number of likely N-dealkylation sites (N-methyl/N-ethyl adjacent to an activating group) is 2. The summed E-state index contributed by atoms with van der Waals surface area (Å²) < 4.78 is 0. The smallest absolute Gasteiger partial charge is 0.335 e. The SMILES string of the molecule is CCN(CC(=O)NC)c1ccc(C(=O)O)c(C)c1. The van der Waals surface area contributed by atoms with Crippen LogP contribution in [0.2, 0.25) is 0 Å². The van der Waals surface area contributed by atoms with Gasteiger partial charge in [-0.15, -0.1) is 0 Å². The van der Waals surface area contributed by atoms with Crippen molar-refractivity contribution in [1.82, 2.24) is 5.32 Å². The van der Waals surface area contributed by atoms with E-state index in [0.717, 1.165) is 5.69 Å². The summed E-state index contributed by atoms with van der Waals surface area (Å²) in [5, 5.41) is 11.5. The fourth-order valence-electron chi connectivity index (χ4n) is 1.72. The van der Waals surface area contributed by atoms with Crippen molar-refractivity contribution in [2.75, 3.05) is 25.0 Å². The van der Waals surface area contributed by atoms with Crippen molar-refractivity contribution in [3.05, 3.63) is 29.3 Å². The zero-order valence-corrected chi connectivity index (χ0v) is 10.9. The minimum Gasteiger partial charge on any atom is -0.478 e. The van der Waals surface area contributed by atoms with Crippen LogP contribution in [0.15, 0.2) is 18.2 Å². The number of hydrogen-bond donors (Lipinski definition) is 2. The highest BCUT2D eigenvalue weighted by molar-refractivity contribution is 5.90. The standard InChI is InChI=1S/C13H18N2O3/c1-4-15(8-12(16)14-3)10-5-6-11(13(17)18)9(2)7-10/h5-7H,4,8H2,1-3H3,(H,14,16)(H,17,18). The van der Waals surface area contributed by atoms with Gasteiger partial charge in [0.1, 0.15) is 0 Å². The van der Waals surface area contributed by atoms with E-state index in [4.69, 9.17) is 5.11 Å². The molecule has 5 nitrogen and oxygen atoms in total. The van der Waals surface area contributed by atoms with E-state index in [2.05, 4.69) is 5.32 Å². The van der Waals surface area contributed by atoms with Crippen molar-refractivity contribution in [2.45, 2.75) is 13.8 Å². The number of carbonyl (C=O) groups excluding carboxylic acids is 1.